The normalized spacial score (nSPS) is 19.3. The first kappa shape index (κ1) is 11.5. The second kappa shape index (κ2) is 4.61. The molecule has 2 amide bonds. The third-order valence-corrected chi connectivity index (χ3v) is 3.54. The van der Waals surface area contributed by atoms with E-state index < -0.39 is 0 Å². The summed E-state index contributed by atoms with van der Waals surface area (Å²) in [6, 6.07) is 0.388. The van der Waals surface area contributed by atoms with Gasteiger partial charge in [0.2, 0.25) is 0 Å². The van der Waals surface area contributed by atoms with Crippen LogP contribution in [0.2, 0.25) is 0 Å². The molecule has 0 radical (unpaired) electrons. The Morgan fingerprint density at radius 2 is 2.33 bits per heavy atom. The summed E-state index contributed by atoms with van der Waals surface area (Å²) in [4.78, 5) is 18.1. The molecule has 2 heterocycles. The van der Waals surface area contributed by atoms with Gasteiger partial charge in [0.05, 0.1) is 30.9 Å². The largest absolute Gasteiger partial charge is 0.390 e. The molecule has 0 bridgehead atoms. The van der Waals surface area contributed by atoms with Crippen molar-refractivity contribution in [2.24, 2.45) is 0 Å². The second-order valence-electron chi connectivity index (χ2n) is 4.99. The zero-order valence-electron chi connectivity index (χ0n) is 10.3. The molecule has 6 nitrogen and oxygen atoms in total. The van der Waals surface area contributed by atoms with E-state index in [1.807, 2.05) is 9.47 Å². The summed E-state index contributed by atoms with van der Waals surface area (Å²) >= 11 is 0. The van der Waals surface area contributed by atoms with E-state index in [2.05, 4.69) is 10.3 Å². The van der Waals surface area contributed by atoms with Crippen molar-refractivity contribution in [3.8, 4) is 0 Å². The van der Waals surface area contributed by atoms with Gasteiger partial charge < -0.3 is 19.9 Å². The first-order valence-electron chi connectivity index (χ1n) is 6.47. The lowest BCUT2D eigenvalue weighted by molar-refractivity contribution is 0.194. The first-order valence-corrected chi connectivity index (χ1v) is 6.47. The minimum absolute atomic E-state index is 0.0102. The SMILES string of the molecule is O=C(NC1CC1)N1CCCn2cnc(CO)c2C1. The van der Waals surface area contributed by atoms with Crippen molar-refractivity contribution in [2.75, 3.05) is 6.54 Å². The van der Waals surface area contributed by atoms with Crippen LogP contribution in [0.15, 0.2) is 6.33 Å². The molecule has 1 saturated carbocycles. The Morgan fingerprint density at radius 1 is 1.50 bits per heavy atom. The van der Waals surface area contributed by atoms with Crippen LogP contribution in [-0.2, 0) is 19.7 Å². The minimum Gasteiger partial charge on any atom is -0.390 e. The molecule has 0 atom stereocenters. The Labute approximate surface area is 106 Å². The number of nitrogens with zero attached hydrogens (tertiary/aromatic N) is 3. The van der Waals surface area contributed by atoms with Crippen molar-refractivity contribution >= 4 is 6.03 Å². The second-order valence-corrected chi connectivity index (χ2v) is 4.99. The molecular formula is C12H18N4O2. The van der Waals surface area contributed by atoms with Crippen molar-refractivity contribution in [1.29, 1.82) is 0 Å². The summed E-state index contributed by atoms with van der Waals surface area (Å²) in [5.74, 6) is 0. The number of hydrogen-bond donors (Lipinski definition) is 2. The lowest BCUT2D eigenvalue weighted by Crippen LogP contribution is -2.40. The highest BCUT2D eigenvalue weighted by Gasteiger charge is 2.27. The van der Waals surface area contributed by atoms with Crippen LogP contribution in [0.3, 0.4) is 0 Å². The van der Waals surface area contributed by atoms with E-state index in [9.17, 15) is 9.90 Å². The van der Waals surface area contributed by atoms with Crippen LogP contribution in [0.1, 0.15) is 30.7 Å². The zero-order valence-corrected chi connectivity index (χ0v) is 10.3. The van der Waals surface area contributed by atoms with E-state index in [0.29, 0.717) is 18.3 Å². The number of hydrogen-bond acceptors (Lipinski definition) is 3. The summed E-state index contributed by atoms with van der Waals surface area (Å²) in [7, 11) is 0. The Bertz CT molecular complexity index is 453. The Balaban J connectivity index is 1.75. The summed E-state index contributed by atoms with van der Waals surface area (Å²) in [5.41, 5.74) is 1.64. The average Bonchev–Trinajstić information content (AvgIpc) is 3.13. The number of urea groups is 1. The van der Waals surface area contributed by atoms with Gasteiger partial charge in [-0.3, -0.25) is 0 Å². The van der Waals surface area contributed by atoms with Gasteiger partial charge in [0.1, 0.15) is 0 Å². The van der Waals surface area contributed by atoms with Gasteiger partial charge in [0.25, 0.3) is 0 Å². The monoisotopic (exact) mass is 250 g/mol. The van der Waals surface area contributed by atoms with Gasteiger partial charge in [-0.2, -0.15) is 0 Å². The van der Waals surface area contributed by atoms with Gasteiger partial charge >= 0.3 is 6.03 Å². The van der Waals surface area contributed by atoms with E-state index in [1.165, 1.54) is 0 Å². The molecule has 18 heavy (non-hydrogen) atoms. The molecule has 1 aliphatic carbocycles. The number of fused-ring (bicyclic) bond motifs is 1. The van der Waals surface area contributed by atoms with E-state index in [1.54, 1.807) is 6.33 Å². The third-order valence-electron chi connectivity index (χ3n) is 3.54. The molecule has 0 saturated heterocycles. The number of imidazole rings is 1. The van der Waals surface area contributed by atoms with Crippen molar-refractivity contribution in [3.05, 3.63) is 17.7 Å². The predicted octanol–water partition coefficient (Wildman–Crippen LogP) is 0.453. The van der Waals surface area contributed by atoms with Crippen LogP contribution in [0.25, 0.3) is 0 Å². The zero-order chi connectivity index (χ0) is 12.5. The molecule has 1 aromatic rings. The maximum atomic E-state index is 12.1. The van der Waals surface area contributed by atoms with Crippen LogP contribution in [0.4, 0.5) is 4.79 Å². The van der Waals surface area contributed by atoms with E-state index in [0.717, 1.165) is 38.0 Å². The van der Waals surface area contributed by atoms with E-state index in [4.69, 9.17) is 0 Å². The number of carbonyl (C=O) groups excluding carboxylic acids is 1. The van der Waals surface area contributed by atoms with Gasteiger partial charge in [0.15, 0.2) is 0 Å². The number of nitrogens with one attached hydrogen (secondary N) is 1. The fourth-order valence-corrected chi connectivity index (χ4v) is 2.31. The molecule has 1 fully saturated rings. The number of rotatable bonds is 2. The maximum Gasteiger partial charge on any atom is 0.317 e. The fourth-order valence-electron chi connectivity index (χ4n) is 2.31. The van der Waals surface area contributed by atoms with Crippen LogP contribution in [0.5, 0.6) is 0 Å². The van der Waals surface area contributed by atoms with Crippen LogP contribution in [0, 0.1) is 0 Å². The van der Waals surface area contributed by atoms with Crippen LogP contribution < -0.4 is 5.32 Å². The van der Waals surface area contributed by atoms with Crippen LogP contribution >= 0.6 is 0 Å². The molecule has 1 aromatic heterocycles. The highest BCUT2D eigenvalue weighted by molar-refractivity contribution is 5.74. The van der Waals surface area contributed by atoms with E-state index in [-0.39, 0.29) is 12.6 Å². The average molecular weight is 250 g/mol. The fraction of sp³-hybridized carbons (Fsp3) is 0.667. The predicted molar refractivity (Wildman–Crippen MR) is 64.7 cm³/mol. The lowest BCUT2D eigenvalue weighted by atomic mass is 10.3. The number of carbonyl (C=O) groups is 1. The van der Waals surface area contributed by atoms with Gasteiger partial charge in [0, 0.05) is 19.1 Å². The number of aromatic nitrogens is 2. The summed E-state index contributed by atoms with van der Waals surface area (Å²) in [5, 5.41) is 12.3. The highest BCUT2D eigenvalue weighted by atomic mass is 16.3. The van der Waals surface area contributed by atoms with E-state index >= 15 is 0 Å². The quantitative estimate of drug-likeness (QED) is 0.800. The number of aryl methyl sites for hydroxylation is 1. The smallest absolute Gasteiger partial charge is 0.317 e. The Morgan fingerprint density at radius 3 is 3.06 bits per heavy atom. The minimum atomic E-state index is -0.0690. The standard InChI is InChI=1S/C12H18N4O2/c17-7-10-11-6-15(12(18)14-9-2-3-9)4-1-5-16(11)8-13-10/h8-9,17H,1-7H2,(H,14,18). The Hall–Kier alpha value is -1.56. The number of aliphatic hydroxyl groups is 1. The molecule has 1 aliphatic heterocycles. The molecule has 0 unspecified atom stereocenters. The molecule has 2 aliphatic rings. The summed E-state index contributed by atoms with van der Waals surface area (Å²) in [6.45, 7) is 2.08. The van der Waals surface area contributed by atoms with Crippen molar-refractivity contribution < 1.29 is 9.90 Å². The van der Waals surface area contributed by atoms with Crippen molar-refractivity contribution in [1.82, 2.24) is 19.8 Å². The summed E-state index contributed by atoms with van der Waals surface area (Å²) in [6.07, 6.45) is 4.87. The Kier molecular flexibility index (Phi) is 2.95. The van der Waals surface area contributed by atoms with Gasteiger partial charge in [-0.05, 0) is 19.3 Å². The van der Waals surface area contributed by atoms with Gasteiger partial charge in [-0.15, -0.1) is 0 Å². The molecule has 3 rings (SSSR count). The van der Waals surface area contributed by atoms with Crippen molar-refractivity contribution in [2.45, 2.75) is 45.0 Å². The molecule has 0 spiro atoms. The molecule has 2 N–H and O–H groups in total. The topological polar surface area (TPSA) is 70.4 Å². The van der Waals surface area contributed by atoms with Gasteiger partial charge in [-0.25, -0.2) is 9.78 Å². The number of aliphatic hydroxyl groups excluding tert-OH is 1. The van der Waals surface area contributed by atoms with Crippen molar-refractivity contribution in [3.63, 3.8) is 0 Å². The van der Waals surface area contributed by atoms with Crippen LogP contribution in [-0.4, -0.2) is 38.2 Å². The first-order chi connectivity index (χ1) is 8.78. The molecule has 0 aromatic carbocycles. The summed E-state index contributed by atoms with van der Waals surface area (Å²) < 4.78 is 2.04. The molecular weight excluding hydrogens is 232 g/mol. The molecule has 98 valence electrons. The third kappa shape index (κ3) is 2.20. The molecule has 6 heteroatoms. The highest BCUT2D eigenvalue weighted by Crippen LogP contribution is 2.20. The maximum absolute atomic E-state index is 12.1. The lowest BCUT2D eigenvalue weighted by Gasteiger charge is -2.20. The van der Waals surface area contributed by atoms with Gasteiger partial charge in [-0.1, -0.05) is 0 Å². The number of amides is 2.